The molecule has 0 fully saturated rings. The van der Waals surface area contributed by atoms with E-state index in [2.05, 4.69) is 73.5 Å². The van der Waals surface area contributed by atoms with Gasteiger partial charge in [-0.25, -0.2) is 0 Å². The molecule has 3 nitrogen and oxygen atoms in total. The lowest BCUT2D eigenvalue weighted by Crippen LogP contribution is -2.51. The molecule has 0 radical (unpaired) electrons. The Morgan fingerprint density at radius 2 is 1.27 bits per heavy atom. The average molecular weight is 423 g/mol. The number of hydrogen-bond acceptors (Lipinski definition) is 4. The lowest BCUT2D eigenvalue weighted by Gasteiger charge is -2.39. The lowest BCUT2D eigenvalue weighted by molar-refractivity contribution is 0.0433. The molecular weight excluding hydrogens is 376 g/mol. The van der Waals surface area contributed by atoms with Gasteiger partial charge in [0.05, 0.1) is 5.44 Å². The van der Waals surface area contributed by atoms with Gasteiger partial charge in [-0.3, -0.25) is 0 Å². The first-order valence-electron chi connectivity index (χ1n) is 10.8. The highest BCUT2D eigenvalue weighted by Gasteiger charge is 2.47. The fourth-order valence-electron chi connectivity index (χ4n) is 3.09. The predicted molar refractivity (Wildman–Crippen MR) is 122 cm³/mol. The highest BCUT2D eigenvalue weighted by atomic mass is 32.4. The van der Waals surface area contributed by atoms with E-state index in [1.54, 1.807) is 0 Å². The summed E-state index contributed by atoms with van der Waals surface area (Å²) in [7, 11) is -4.01. The summed E-state index contributed by atoms with van der Waals surface area (Å²) >= 11 is 2.15. The summed E-state index contributed by atoms with van der Waals surface area (Å²) in [4.78, 5) is 0. The smallest absolute Gasteiger partial charge is 0.373 e. The highest BCUT2D eigenvalue weighted by molar-refractivity contribution is 8.29. The van der Waals surface area contributed by atoms with Gasteiger partial charge in [0.2, 0.25) is 0 Å². The van der Waals surface area contributed by atoms with Crippen molar-refractivity contribution in [2.24, 2.45) is 5.41 Å². The Balaban J connectivity index is 5.53. The molecule has 0 aromatic heterocycles. The zero-order valence-electron chi connectivity index (χ0n) is 19.1. The van der Waals surface area contributed by atoms with E-state index in [1.807, 2.05) is 0 Å². The SMILES string of the molecule is CCCO[Si](CC(C)(C)C)(OCCC)OC(CC)S[Si](CC)(CC)CC. The highest BCUT2D eigenvalue weighted by Crippen LogP contribution is 2.40. The lowest BCUT2D eigenvalue weighted by atomic mass is 10.0. The molecule has 0 heterocycles. The van der Waals surface area contributed by atoms with Crippen molar-refractivity contribution >= 4 is 27.2 Å². The molecule has 0 aliphatic rings. The van der Waals surface area contributed by atoms with E-state index in [0.29, 0.717) is 0 Å². The minimum absolute atomic E-state index is 0.130. The molecule has 0 aromatic carbocycles. The van der Waals surface area contributed by atoms with E-state index in [4.69, 9.17) is 13.3 Å². The maximum atomic E-state index is 6.82. The molecule has 1 atom stereocenters. The van der Waals surface area contributed by atoms with Crippen LogP contribution in [0.1, 0.15) is 81.6 Å². The van der Waals surface area contributed by atoms with Crippen LogP contribution in [-0.4, -0.2) is 34.7 Å². The molecule has 0 aliphatic carbocycles. The van der Waals surface area contributed by atoms with Gasteiger partial charge in [-0.1, -0.05) is 80.4 Å². The third-order valence-corrected chi connectivity index (χ3v) is 18.3. The molecule has 0 spiro atoms. The monoisotopic (exact) mass is 422 g/mol. The van der Waals surface area contributed by atoms with E-state index in [1.165, 1.54) is 18.1 Å². The van der Waals surface area contributed by atoms with E-state index in [-0.39, 0.29) is 10.9 Å². The van der Waals surface area contributed by atoms with Crippen LogP contribution in [0.4, 0.5) is 0 Å². The second-order valence-electron chi connectivity index (χ2n) is 8.43. The van der Waals surface area contributed by atoms with Crippen LogP contribution in [0.2, 0.25) is 24.2 Å². The van der Waals surface area contributed by atoms with Gasteiger partial charge in [0.1, 0.15) is 7.22 Å². The van der Waals surface area contributed by atoms with Gasteiger partial charge in [0.15, 0.2) is 0 Å². The molecule has 0 amide bonds. The fourth-order valence-corrected chi connectivity index (χ4v) is 14.0. The Morgan fingerprint density at radius 1 is 0.808 bits per heavy atom. The Bertz CT molecular complexity index is 341. The molecule has 0 rings (SSSR count). The van der Waals surface area contributed by atoms with Gasteiger partial charge in [-0.2, -0.15) is 11.2 Å². The zero-order valence-corrected chi connectivity index (χ0v) is 21.9. The first kappa shape index (κ1) is 26.7. The molecule has 1 unspecified atom stereocenters. The maximum Gasteiger partial charge on any atom is 0.502 e. The van der Waals surface area contributed by atoms with Gasteiger partial charge in [-0.05, 0) is 24.7 Å². The van der Waals surface area contributed by atoms with Gasteiger partial charge in [0, 0.05) is 19.3 Å². The Morgan fingerprint density at radius 3 is 1.58 bits per heavy atom. The van der Waals surface area contributed by atoms with Gasteiger partial charge < -0.3 is 13.3 Å². The van der Waals surface area contributed by atoms with Crippen molar-refractivity contribution in [3.8, 4) is 0 Å². The van der Waals surface area contributed by atoms with E-state index >= 15 is 0 Å². The zero-order chi connectivity index (χ0) is 20.3. The molecule has 0 saturated heterocycles. The summed E-state index contributed by atoms with van der Waals surface area (Å²) in [5, 5.41) is 0. The van der Waals surface area contributed by atoms with Crippen LogP contribution in [0, 0.1) is 5.41 Å². The van der Waals surface area contributed by atoms with Crippen molar-refractivity contribution in [1.29, 1.82) is 0 Å². The number of rotatable bonds is 15. The van der Waals surface area contributed by atoms with Crippen LogP contribution in [0.3, 0.4) is 0 Å². The van der Waals surface area contributed by atoms with Crippen LogP contribution in [0.15, 0.2) is 0 Å². The Hall–Kier alpha value is 0.664. The van der Waals surface area contributed by atoms with Crippen molar-refractivity contribution in [3.05, 3.63) is 0 Å². The van der Waals surface area contributed by atoms with Crippen molar-refractivity contribution in [1.82, 2.24) is 0 Å². The van der Waals surface area contributed by atoms with Crippen LogP contribution in [0.5, 0.6) is 0 Å². The maximum absolute atomic E-state index is 6.82. The van der Waals surface area contributed by atoms with Gasteiger partial charge in [-0.15, -0.1) is 0 Å². The fraction of sp³-hybridized carbons (Fsp3) is 1.00. The summed E-state index contributed by atoms with van der Waals surface area (Å²) in [6.07, 6.45) is 3.02. The van der Waals surface area contributed by atoms with Crippen LogP contribution in [0.25, 0.3) is 0 Å². The summed E-state index contributed by atoms with van der Waals surface area (Å²) < 4.78 is 19.6. The van der Waals surface area contributed by atoms with Crippen molar-refractivity contribution < 1.29 is 13.3 Å². The molecule has 158 valence electrons. The molecule has 0 bridgehead atoms. The molecule has 0 saturated carbocycles. The van der Waals surface area contributed by atoms with Crippen LogP contribution in [-0.2, 0) is 13.3 Å². The quantitative estimate of drug-likeness (QED) is 0.204. The topological polar surface area (TPSA) is 27.7 Å². The molecule has 0 N–H and O–H groups in total. The third-order valence-electron chi connectivity index (χ3n) is 4.76. The van der Waals surface area contributed by atoms with Crippen molar-refractivity contribution in [2.75, 3.05) is 13.2 Å². The largest absolute Gasteiger partial charge is 0.502 e. The summed E-state index contributed by atoms with van der Waals surface area (Å²) in [5.74, 6) is 0. The Labute approximate surface area is 170 Å². The van der Waals surface area contributed by atoms with Crippen LogP contribution >= 0.6 is 11.2 Å². The first-order chi connectivity index (χ1) is 12.1. The molecule has 6 heteroatoms. The average Bonchev–Trinajstić information content (AvgIpc) is 2.60. The minimum Gasteiger partial charge on any atom is -0.373 e. The molecule has 0 aliphatic heterocycles. The molecule has 0 aromatic rings. The van der Waals surface area contributed by atoms with Crippen molar-refractivity contribution in [2.45, 2.75) is 111 Å². The molecule has 26 heavy (non-hydrogen) atoms. The van der Waals surface area contributed by atoms with E-state index < -0.39 is 16.0 Å². The number of hydrogen-bond donors (Lipinski definition) is 0. The molecular formula is C20H46O3SSi2. The summed E-state index contributed by atoms with van der Waals surface area (Å²) in [5.41, 5.74) is 0.329. The standard InChI is InChI=1S/C20H46O3SSi2/c1-10-16-21-26(22-17-11-2,18-20(7,8)9)23-19(12-3)24-25(13-4,14-5)15-6/h19H,10-18H2,1-9H3. The second-order valence-corrected chi connectivity index (χ2v) is 19.5. The third kappa shape index (κ3) is 9.74. The minimum atomic E-state index is -2.69. The summed E-state index contributed by atoms with van der Waals surface area (Å²) in [6, 6.07) is 4.81. The van der Waals surface area contributed by atoms with Gasteiger partial charge >= 0.3 is 8.80 Å². The predicted octanol–water partition coefficient (Wildman–Crippen LogP) is 7.32. The normalized spacial score (nSPS) is 14.7. The summed E-state index contributed by atoms with van der Waals surface area (Å²) in [6.45, 7) is 21.9. The van der Waals surface area contributed by atoms with Crippen LogP contribution < -0.4 is 0 Å². The first-order valence-corrected chi connectivity index (χ1v) is 16.9. The Kier molecular flexibility index (Phi) is 13.3. The van der Waals surface area contributed by atoms with Gasteiger partial charge in [0.25, 0.3) is 0 Å². The van der Waals surface area contributed by atoms with E-state index in [0.717, 1.165) is 38.5 Å². The van der Waals surface area contributed by atoms with E-state index in [9.17, 15) is 0 Å². The second kappa shape index (κ2) is 13.0. The van der Waals surface area contributed by atoms with Crippen molar-refractivity contribution in [3.63, 3.8) is 0 Å².